The second-order valence-corrected chi connectivity index (χ2v) is 7.37. The molecule has 7 heteroatoms. The maximum atomic E-state index is 13.7. The van der Waals surface area contributed by atoms with Crippen molar-refractivity contribution in [1.82, 2.24) is 15.5 Å². The van der Waals surface area contributed by atoms with Gasteiger partial charge in [0.05, 0.1) is 0 Å². The highest BCUT2D eigenvalue weighted by Gasteiger charge is 2.21. The predicted octanol–water partition coefficient (Wildman–Crippen LogP) is 1.47. The molecule has 0 radical (unpaired) electrons. The number of urea groups is 1. The summed E-state index contributed by atoms with van der Waals surface area (Å²) >= 11 is 0. The summed E-state index contributed by atoms with van der Waals surface area (Å²) in [6.07, 6.45) is 3.31. The van der Waals surface area contributed by atoms with Gasteiger partial charge in [0.25, 0.3) is 0 Å². The molecule has 2 amide bonds. The van der Waals surface area contributed by atoms with Gasteiger partial charge >= 0.3 is 6.03 Å². The molecule has 128 valence electrons. The van der Waals surface area contributed by atoms with Crippen molar-refractivity contribution in [1.29, 1.82) is 0 Å². The molecule has 0 aromatic heterocycles. The van der Waals surface area contributed by atoms with E-state index in [1.807, 2.05) is 12.1 Å². The van der Waals surface area contributed by atoms with Crippen LogP contribution in [0, 0.1) is 5.82 Å². The molecule has 1 saturated heterocycles. The minimum Gasteiger partial charge on any atom is -0.337 e. The first-order chi connectivity index (χ1) is 11.0. The predicted molar refractivity (Wildman–Crippen MR) is 90.2 cm³/mol. The average molecular weight is 341 g/mol. The van der Waals surface area contributed by atoms with Gasteiger partial charge in [-0.15, -0.1) is 0 Å². The molecule has 0 aliphatic carbocycles. The number of amides is 2. The highest BCUT2D eigenvalue weighted by atomic mass is 32.2. The van der Waals surface area contributed by atoms with Gasteiger partial charge in [0, 0.05) is 60.6 Å². The Labute approximate surface area is 139 Å². The molecule has 2 rings (SSSR count). The number of hydrogen-bond donors (Lipinski definition) is 2. The minimum absolute atomic E-state index is 0.138. The van der Waals surface area contributed by atoms with Crippen LogP contribution >= 0.6 is 0 Å². The minimum atomic E-state index is -0.895. The number of nitrogens with zero attached hydrogens (tertiary/aromatic N) is 1. The van der Waals surface area contributed by atoms with Crippen molar-refractivity contribution in [3.63, 3.8) is 0 Å². The van der Waals surface area contributed by atoms with Gasteiger partial charge in [0.1, 0.15) is 5.82 Å². The first-order valence-electron chi connectivity index (χ1n) is 7.85. The summed E-state index contributed by atoms with van der Waals surface area (Å²) in [6, 6.07) is 6.77. The first-order valence-corrected chi connectivity index (χ1v) is 9.57. The van der Waals surface area contributed by atoms with Crippen molar-refractivity contribution in [3.05, 3.63) is 35.6 Å². The zero-order chi connectivity index (χ0) is 16.7. The van der Waals surface area contributed by atoms with E-state index in [0.29, 0.717) is 24.4 Å². The Morgan fingerprint density at radius 1 is 1.35 bits per heavy atom. The van der Waals surface area contributed by atoms with Crippen molar-refractivity contribution in [3.8, 4) is 0 Å². The number of likely N-dealkylation sites (tertiary alicyclic amines) is 1. The van der Waals surface area contributed by atoms with E-state index < -0.39 is 10.8 Å². The Bertz CT molecular complexity index is 548. The number of nitrogens with one attached hydrogen (secondary N) is 2. The Kier molecular flexibility index (Phi) is 6.98. The van der Waals surface area contributed by atoms with E-state index in [9.17, 15) is 13.4 Å². The summed E-state index contributed by atoms with van der Waals surface area (Å²) in [5.41, 5.74) is 0.712. The smallest absolute Gasteiger partial charge is 0.315 e. The highest BCUT2D eigenvalue weighted by molar-refractivity contribution is 7.84. The molecule has 0 saturated carbocycles. The van der Waals surface area contributed by atoms with E-state index in [4.69, 9.17) is 0 Å². The first kappa shape index (κ1) is 17.9. The maximum Gasteiger partial charge on any atom is 0.315 e. The number of carbonyl (C=O) groups excluding carboxylic acids is 1. The number of benzene rings is 1. The van der Waals surface area contributed by atoms with Gasteiger partial charge in [-0.25, -0.2) is 9.18 Å². The molecule has 0 spiro atoms. The highest BCUT2D eigenvalue weighted by Crippen LogP contribution is 2.15. The molecule has 1 heterocycles. The molecule has 1 aliphatic heterocycles. The topological polar surface area (TPSA) is 61.4 Å². The fraction of sp³-hybridized carbons (Fsp3) is 0.562. The van der Waals surface area contributed by atoms with E-state index in [1.54, 1.807) is 12.3 Å². The van der Waals surface area contributed by atoms with E-state index in [2.05, 4.69) is 15.5 Å². The van der Waals surface area contributed by atoms with Gasteiger partial charge in [-0.2, -0.15) is 0 Å². The zero-order valence-electron chi connectivity index (χ0n) is 13.4. The number of piperidine rings is 1. The van der Waals surface area contributed by atoms with Gasteiger partial charge in [-0.3, -0.25) is 9.11 Å². The number of halogens is 1. The Balaban J connectivity index is 1.68. The van der Waals surface area contributed by atoms with E-state index in [-0.39, 0.29) is 17.9 Å². The third kappa shape index (κ3) is 6.27. The monoisotopic (exact) mass is 341 g/mol. The van der Waals surface area contributed by atoms with Crippen molar-refractivity contribution < 1.29 is 13.4 Å². The van der Waals surface area contributed by atoms with Crippen LogP contribution in [0.25, 0.3) is 0 Å². The number of hydrogen-bond acceptors (Lipinski definition) is 3. The normalized spacial score (nSPS) is 17.7. The molecule has 1 fully saturated rings. The van der Waals surface area contributed by atoms with Crippen LogP contribution in [0.3, 0.4) is 0 Å². The quantitative estimate of drug-likeness (QED) is 0.824. The molecule has 1 atom stereocenters. The molecule has 23 heavy (non-hydrogen) atoms. The van der Waals surface area contributed by atoms with Gasteiger partial charge < -0.3 is 10.6 Å². The van der Waals surface area contributed by atoms with E-state index >= 15 is 0 Å². The number of rotatable bonds is 6. The summed E-state index contributed by atoms with van der Waals surface area (Å²) in [7, 11) is -0.895. The largest absolute Gasteiger partial charge is 0.337 e. The van der Waals surface area contributed by atoms with Crippen molar-refractivity contribution in [2.45, 2.75) is 25.4 Å². The third-order valence-electron chi connectivity index (χ3n) is 3.95. The molecule has 1 aromatic rings. The van der Waals surface area contributed by atoms with E-state index in [0.717, 1.165) is 25.9 Å². The van der Waals surface area contributed by atoms with Crippen LogP contribution in [0.1, 0.15) is 18.4 Å². The van der Waals surface area contributed by atoms with Gasteiger partial charge in [0.15, 0.2) is 0 Å². The molecule has 2 N–H and O–H groups in total. The van der Waals surface area contributed by atoms with E-state index in [1.165, 1.54) is 6.07 Å². The molecule has 1 unspecified atom stereocenters. The zero-order valence-corrected chi connectivity index (χ0v) is 14.2. The van der Waals surface area contributed by atoms with Crippen LogP contribution in [0.15, 0.2) is 24.3 Å². The van der Waals surface area contributed by atoms with Crippen LogP contribution in [-0.4, -0.2) is 52.8 Å². The molecule has 0 bridgehead atoms. The second-order valence-electron chi connectivity index (χ2n) is 5.82. The van der Waals surface area contributed by atoms with Crippen molar-refractivity contribution in [2.24, 2.45) is 0 Å². The summed E-state index contributed by atoms with van der Waals surface area (Å²) < 4.78 is 24.6. The summed E-state index contributed by atoms with van der Waals surface area (Å²) in [5, 5.41) is 5.65. The maximum absolute atomic E-state index is 13.7. The fourth-order valence-corrected chi connectivity index (χ4v) is 3.04. The summed E-state index contributed by atoms with van der Waals surface area (Å²) in [4.78, 5) is 13.9. The molecule has 1 aromatic carbocycles. The summed E-state index contributed by atoms with van der Waals surface area (Å²) in [6.45, 7) is 2.69. The van der Waals surface area contributed by atoms with Crippen LogP contribution in [0.5, 0.6) is 0 Å². The van der Waals surface area contributed by atoms with Gasteiger partial charge in [-0.05, 0) is 18.9 Å². The molecule has 5 nitrogen and oxygen atoms in total. The summed E-state index contributed by atoms with van der Waals surface area (Å²) in [5.74, 6) is 0.301. The third-order valence-corrected chi connectivity index (χ3v) is 4.73. The molecular weight excluding hydrogens is 317 g/mol. The average Bonchev–Trinajstić information content (AvgIpc) is 2.51. The van der Waals surface area contributed by atoms with Crippen molar-refractivity contribution >= 4 is 16.8 Å². The number of carbonyl (C=O) groups is 1. The molecular formula is C16H24FN3O2S. The lowest BCUT2D eigenvalue weighted by atomic mass is 10.0. The second kappa shape index (κ2) is 8.98. The lowest BCUT2D eigenvalue weighted by Crippen LogP contribution is -2.48. The van der Waals surface area contributed by atoms with Crippen LogP contribution in [-0.2, 0) is 17.3 Å². The standard InChI is InChI=1S/C16H24FN3O2S/c1-23(22)11-8-18-16(21)19-14-6-9-20(10-7-14)12-13-4-2-3-5-15(13)17/h2-5,14H,6-12H2,1H3,(H2,18,19,21). The lowest BCUT2D eigenvalue weighted by molar-refractivity contribution is 0.185. The lowest BCUT2D eigenvalue weighted by Gasteiger charge is -2.32. The van der Waals surface area contributed by atoms with Crippen LogP contribution < -0.4 is 10.6 Å². The Morgan fingerprint density at radius 2 is 2.04 bits per heavy atom. The van der Waals surface area contributed by atoms with Crippen LogP contribution in [0.4, 0.5) is 9.18 Å². The van der Waals surface area contributed by atoms with Gasteiger partial charge in [-0.1, -0.05) is 18.2 Å². The fourth-order valence-electron chi connectivity index (χ4n) is 2.65. The van der Waals surface area contributed by atoms with Crippen molar-refractivity contribution in [2.75, 3.05) is 31.6 Å². The molecule has 1 aliphatic rings. The Morgan fingerprint density at radius 3 is 2.70 bits per heavy atom. The van der Waals surface area contributed by atoms with Gasteiger partial charge in [0.2, 0.25) is 0 Å². The SMILES string of the molecule is CS(=O)CCNC(=O)NC1CCN(Cc2ccccc2F)CC1. The van der Waals surface area contributed by atoms with Crippen LogP contribution in [0.2, 0.25) is 0 Å². The Hall–Kier alpha value is -1.47.